The summed E-state index contributed by atoms with van der Waals surface area (Å²) in [5.41, 5.74) is 6.51. The first-order chi connectivity index (χ1) is 28.2. The van der Waals surface area contributed by atoms with Gasteiger partial charge in [0.05, 0.1) is 42.2 Å². The number of alkyl carbamates (subject to hydrolysis) is 1. The number of rotatable bonds is 18. The summed E-state index contributed by atoms with van der Waals surface area (Å²) < 4.78 is 4.83. The molecule has 0 radical (unpaired) electrons. The van der Waals surface area contributed by atoms with Crippen LogP contribution < -0.4 is 16.1 Å². The maximum atomic E-state index is 14.5. The third kappa shape index (κ3) is 12.3. The summed E-state index contributed by atoms with van der Waals surface area (Å²) in [6, 6.07) is 20.1. The number of pyridine rings is 1. The molecule has 1 fully saturated rings. The van der Waals surface area contributed by atoms with E-state index in [1.165, 1.54) is 18.4 Å². The molecule has 0 spiro atoms. The van der Waals surface area contributed by atoms with Crippen molar-refractivity contribution < 1.29 is 29.0 Å². The highest BCUT2D eigenvalue weighted by molar-refractivity contribution is 7.09. The zero-order valence-corrected chi connectivity index (χ0v) is 35.9. The largest absolute Gasteiger partial charge is 0.453 e. The predicted octanol–water partition coefficient (Wildman–Crippen LogP) is 5.56. The molecule has 0 aliphatic carbocycles. The lowest BCUT2D eigenvalue weighted by Gasteiger charge is -2.36. The molecular weight excluding hydrogens is 769 g/mol. The van der Waals surface area contributed by atoms with E-state index in [1.54, 1.807) is 21.0 Å². The van der Waals surface area contributed by atoms with Crippen LogP contribution in [0.2, 0.25) is 0 Å². The van der Waals surface area contributed by atoms with Gasteiger partial charge in [-0.3, -0.25) is 20.0 Å². The Kier molecular flexibility index (Phi) is 15.6. The highest BCUT2D eigenvalue weighted by atomic mass is 32.1. The summed E-state index contributed by atoms with van der Waals surface area (Å²) in [7, 11) is 1.23. The number of ether oxygens (including phenoxy) is 1. The van der Waals surface area contributed by atoms with Crippen LogP contribution in [0.15, 0.2) is 84.4 Å². The lowest BCUT2D eigenvalue weighted by molar-refractivity contribution is -0.132. The summed E-state index contributed by atoms with van der Waals surface area (Å²) in [4.78, 5) is 67.0. The van der Waals surface area contributed by atoms with Gasteiger partial charge in [0.2, 0.25) is 5.91 Å². The van der Waals surface area contributed by atoms with Crippen molar-refractivity contribution in [2.75, 3.05) is 26.7 Å². The molecule has 5 rings (SSSR count). The van der Waals surface area contributed by atoms with E-state index in [9.17, 15) is 24.3 Å². The smallest absolute Gasteiger partial charge is 0.407 e. The maximum Gasteiger partial charge on any atom is 0.407 e. The second-order valence-corrected chi connectivity index (χ2v) is 17.2. The van der Waals surface area contributed by atoms with Gasteiger partial charge >= 0.3 is 12.1 Å². The number of amides is 5. The van der Waals surface area contributed by atoms with Crippen molar-refractivity contribution in [3.63, 3.8) is 0 Å². The fourth-order valence-electron chi connectivity index (χ4n) is 7.14. The fraction of sp³-hybridized carbons (Fsp3) is 0.455. The Balaban J connectivity index is 1.41. The lowest BCUT2D eigenvalue weighted by atomic mass is 9.86. The minimum Gasteiger partial charge on any atom is -0.453 e. The van der Waals surface area contributed by atoms with E-state index in [4.69, 9.17) is 4.74 Å². The molecule has 5 atom stereocenters. The number of benzene rings is 2. The monoisotopic (exact) mass is 826 g/mol. The number of hydrazine groups is 1. The van der Waals surface area contributed by atoms with Crippen molar-refractivity contribution in [2.45, 2.75) is 91.7 Å². The standard InChI is InChI=1S/C44H58N8O6S/c1-8-29(2)38(52-23-22-50(43(52)57)26-34-28-59-30(3)46-34)40(54)47-36(24-31-14-10-9-11-15-31)37(53)27-51(49-41(55)39(44(4,5)6)48-42(56)58-7)25-32-17-19-33(20-18-32)35-16-12-13-21-45-35/h9-21,28-29,36-39,53H,8,22-27H2,1-7H3,(H,47,54)(H,48,56)(H,49,55). The van der Waals surface area contributed by atoms with Gasteiger partial charge in [0, 0.05) is 43.3 Å². The minimum atomic E-state index is -1.20. The minimum absolute atomic E-state index is 0.0991. The third-order valence-corrected chi connectivity index (χ3v) is 11.4. The van der Waals surface area contributed by atoms with Crippen molar-refractivity contribution in [3.8, 4) is 11.3 Å². The molecule has 316 valence electrons. The molecular formula is C44H58N8O6S. The average Bonchev–Trinajstić information content (AvgIpc) is 3.80. The van der Waals surface area contributed by atoms with Crippen LogP contribution >= 0.6 is 11.3 Å². The van der Waals surface area contributed by atoms with Gasteiger partial charge < -0.3 is 30.3 Å². The molecule has 1 saturated heterocycles. The van der Waals surface area contributed by atoms with Crippen LogP contribution in [0.3, 0.4) is 0 Å². The molecule has 4 aromatic rings. The van der Waals surface area contributed by atoms with E-state index in [-0.39, 0.29) is 37.4 Å². The molecule has 59 heavy (non-hydrogen) atoms. The van der Waals surface area contributed by atoms with E-state index in [0.29, 0.717) is 26.1 Å². The Morgan fingerprint density at radius 1 is 0.966 bits per heavy atom. The molecule has 15 heteroatoms. The van der Waals surface area contributed by atoms with Gasteiger partial charge in [-0.15, -0.1) is 11.3 Å². The second-order valence-electron chi connectivity index (χ2n) is 16.2. The number of aromatic nitrogens is 2. The number of carbonyl (C=O) groups excluding carboxylic acids is 4. The number of nitrogens with one attached hydrogen (secondary N) is 3. The quantitative estimate of drug-likeness (QED) is 0.0940. The van der Waals surface area contributed by atoms with Gasteiger partial charge in [0.1, 0.15) is 12.1 Å². The number of aryl methyl sites for hydroxylation is 1. The van der Waals surface area contributed by atoms with Crippen LogP contribution in [-0.2, 0) is 33.8 Å². The molecule has 4 N–H and O–H groups in total. The number of carbonyl (C=O) groups is 4. The first kappa shape index (κ1) is 44.7. The molecule has 1 aliphatic rings. The number of urea groups is 1. The molecule has 5 unspecified atom stereocenters. The van der Waals surface area contributed by atoms with Crippen molar-refractivity contribution in [1.82, 2.24) is 40.8 Å². The van der Waals surface area contributed by atoms with Crippen LogP contribution in [0.5, 0.6) is 0 Å². The Morgan fingerprint density at radius 2 is 1.68 bits per heavy atom. The number of aliphatic hydroxyl groups excluding tert-OH is 1. The van der Waals surface area contributed by atoms with Crippen molar-refractivity contribution >= 4 is 35.3 Å². The molecule has 5 amide bonds. The number of thiazole rings is 1. The number of methoxy groups -OCH3 is 1. The van der Waals surface area contributed by atoms with E-state index >= 15 is 0 Å². The fourth-order valence-corrected chi connectivity index (χ4v) is 7.75. The van der Waals surface area contributed by atoms with Crippen LogP contribution in [-0.4, -0.2) is 105 Å². The zero-order valence-electron chi connectivity index (χ0n) is 35.1. The number of hydrogen-bond donors (Lipinski definition) is 4. The Labute approximate surface area is 351 Å². The van der Waals surface area contributed by atoms with E-state index in [0.717, 1.165) is 33.1 Å². The third-order valence-electron chi connectivity index (χ3n) is 10.6. The van der Waals surface area contributed by atoms with Crippen molar-refractivity contribution in [2.24, 2.45) is 11.3 Å². The Hall–Kier alpha value is -5.38. The highest BCUT2D eigenvalue weighted by Gasteiger charge is 2.41. The SMILES string of the molecule is CCC(C)C(C(=O)NC(Cc1ccccc1)C(O)CN(Cc1ccc(-c2ccccn2)cc1)NC(=O)C(NC(=O)OC)C(C)(C)C)N1CCN(Cc2csc(C)n2)C1=O. The van der Waals surface area contributed by atoms with Gasteiger partial charge in [0.25, 0.3) is 5.91 Å². The summed E-state index contributed by atoms with van der Waals surface area (Å²) in [6.07, 6.45) is 0.696. The van der Waals surface area contributed by atoms with E-state index in [2.05, 4.69) is 26.0 Å². The normalized spacial score (nSPS) is 15.6. The van der Waals surface area contributed by atoms with Crippen LogP contribution in [0.25, 0.3) is 11.3 Å². The average molecular weight is 827 g/mol. The van der Waals surface area contributed by atoms with Gasteiger partial charge in [-0.1, -0.05) is 102 Å². The lowest BCUT2D eigenvalue weighted by Crippen LogP contribution is -2.60. The molecule has 2 aromatic carbocycles. The Bertz CT molecular complexity index is 1990. The summed E-state index contributed by atoms with van der Waals surface area (Å²) in [6.45, 7) is 12.6. The number of aliphatic hydroxyl groups is 1. The summed E-state index contributed by atoms with van der Waals surface area (Å²) in [5, 5.41) is 22.4. The van der Waals surface area contributed by atoms with E-state index < -0.39 is 41.6 Å². The number of nitrogens with zero attached hydrogens (tertiary/aromatic N) is 5. The second kappa shape index (κ2) is 20.5. The highest BCUT2D eigenvalue weighted by Crippen LogP contribution is 2.25. The van der Waals surface area contributed by atoms with Crippen LogP contribution in [0.4, 0.5) is 9.59 Å². The van der Waals surface area contributed by atoms with Crippen molar-refractivity contribution in [1.29, 1.82) is 0 Å². The zero-order chi connectivity index (χ0) is 42.7. The Morgan fingerprint density at radius 3 is 2.29 bits per heavy atom. The topological polar surface area (TPSA) is 169 Å². The number of hydrogen-bond acceptors (Lipinski definition) is 10. The van der Waals surface area contributed by atoms with Gasteiger partial charge in [-0.25, -0.2) is 19.6 Å². The molecule has 3 heterocycles. The summed E-state index contributed by atoms with van der Waals surface area (Å²) >= 11 is 1.53. The maximum absolute atomic E-state index is 14.5. The first-order valence-corrected chi connectivity index (χ1v) is 20.9. The molecule has 1 aliphatic heterocycles. The van der Waals surface area contributed by atoms with Gasteiger partial charge in [-0.2, -0.15) is 0 Å². The van der Waals surface area contributed by atoms with Crippen LogP contribution in [0, 0.1) is 18.3 Å². The molecule has 0 saturated carbocycles. The first-order valence-electron chi connectivity index (χ1n) is 20.1. The van der Waals surface area contributed by atoms with Crippen LogP contribution in [0.1, 0.15) is 62.9 Å². The summed E-state index contributed by atoms with van der Waals surface area (Å²) in [5.74, 6) is -1.06. The van der Waals surface area contributed by atoms with Gasteiger partial charge in [-0.05, 0) is 47.9 Å². The molecule has 0 bridgehead atoms. The molecule has 2 aromatic heterocycles. The van der Waals surface area contributed by atoms with Crippen molar-refractivity contribution in [3.05, 3.63) is 106 Å². The predicted molar refractivity (Wildman–Crippen MR) is 228 cm³/mol. The van der Waals surface area contributed by atoms with Gasteiger partial charge in [0.15, 0.2) is 0 Å². The molecule has 14 nitrogen and oxygen atoms in total. The van der Waals surface area contributed by atoms with E-state index in [1.807, 2.05) is 120 Å².